The van der Waals surface area contributed by atoms with Crippen LogP contribution in [0.25, 0.3) is 0 Å². The van der Waals surface area contributed by atoms with Crippen LogP contribution in [0.3, 0.4) is 0 Å². The van der Waals surface area contributed by atoms with Crippen LogP contribution in [0.1, 0.15) is 17.3 Å². The monoisotopic (exact) mass is 302 g/mol. The summed E-state index contributed by atoms with van der Waals surface area (Å²) in [5, 5.41) is 10.1. The van der Waals surface area contributed by atoms with Gasteiger partial charge in [-0.2, -0.15) is 0 Å². The van der Waals surface area contributed by atoms with Gasteiger partial charge in [-0.05, 0) is 0 Å². The van der Waals surface area contributed by atoms with E-state index in [4.69, 9.17) is 5.11 Å². The molecular formula is C15H15AsO2. The number of rotatable bonds is 4. The minimum absolute atomic E-state index is 0.385. The van der Waals surface area contributed by atoms with E-state index in [1.165, 1.54) is 8.70 Å². The molecule has 2 rings (SSSR count). The summed E-state index contributed by atoms with van der Waals surface area (Å²) in [6.45, 7) is 2.18. The molecule has 0 heterocycles. The van der Waals surface area contributed by atoms with Crippen LogP contribution in [0, 0.1) is 0 Å². The molecule has 0 spiro atoms. The first-order valence-corrected chi connectivity index (χ1v) is 9.08. The van der Waals surface area contributed by atoms with Crippen molar-refractivity contribution < 1.29 is 9.90 Å². The van der Waals surface area contributed by atoms with E-state index in [0.29, 0.717) is 5.56 Å². The third-order valence-electron chi connectivity index (χ3n) is 2.79. The van der Waals surface area contributed by atoms with E-state index in [9.17, 15) is 4.79 Å². The van der Waals surface area contributed by atoms with Gasteiger partial charge in [-0.15, -0.1) is 0 Å². The van der Waals surface area contributed by atoms with Crippen LogP contribution in [-0.4, -0.2) is 25.7 Å². The maximum absolute atomic E-state index is 11.0. The molecule has 3 heteroatoms. The molecule has 2 aromatic carbocycles. The molecule has 18 heavy (non-hydrogen) atoms. The summed E-state index contributed by atoms with van der Waals surface area (Å²) < 4.78 is 2.58. The predicted molar refractivity (Wildman–Crippen MR) is 75.3 cm³/mol. The summed E-state index contributed by atoms with van der Waals surface area (Å²) in [5.74, 6) is -0.852. The standard InChI is InChI=1S/C15H15AsO2/c1-2-16(13-8-4-3-5-9-13)14-10-6-7-12(11-14)15(17)18/h3-11H,2H2,1H3,(H,17,18). The molecule has 0 amide bonds. The molecule has 0 aliphatic carbocycles. The normalized spacial score (nSPS) is 12.1. The number of benzene rings is 2. The van der Waals surface area contributed by atoms with Gasteiger partial charge in [0.1, 0.15) is 0 Å². The summed E-state index contributed by atoms with van der Waals surface area (Å²) >= 11 is -1.34. The molecule has 0 radical (unpaired) electrons. The third-order valence-corrected chi connectivity index (χ3v) is 7.94. The van der Waals surface area contributed by atoms with Gasteiger partial charge in [0.25, 0.3) is 0 Å². The molecule has 0 aromatic heterocycles. The van der Waals surface area contributed by atoms with Crippen LogP contribution in [0.4, 0.5) is 0 Å². The number of aromatic carboxylic acids is 1. The topological polar surface area (TPSA) is 37.3 Å². The van der Waals surface area contributed by atoms with Crippen LogP contribution in [0.15, 0.2) is 54.6 Å². The maximum atomic E-state index is 11.0. The Bertz CT molecular complexity index is 537. The first kappa shape index (κ1) is 12.9. The Morgan fingerprint density at radius 1 is 1.06 bits per heavy atom. The van der Waals surface area contributed by atoms with E-state index in [2.05, 4.69) is 25.1 Å². The predicted octanol–water partition coefficient (Wildman–Crippen LogP) is 2.01. The van der Waals surface area contributed by atoms with Crippen molar-refractivity contribution in [1.82, 2.24) is 0 Å². The van der Waals surface area contributed by atoms with Gasteiger partial charge in [0.15, 0.2) is 0 Å². The van der Waals surface area contributed by atoms with Gasteiger partial charge in [-0.1, -0.05) is 0 Å². The Morgan fingerprint density at radius 2 is 1.72 bits per heavy atom. The van der Waals surface area contributed by atoms with Gasteiger partial charge in [-0.3, -0.25) is 0 Å². The second kappa shape index (κ2) is 5.88. The van der Waals surface area contributed by atoms with Crippen molar-refractivity contribution in [3.8, 4) is 0 Å². The van der Waals surface area contributed by atoms with Gasteiger partial charge in [-0.25, -0.2) is 0 Å². The zero-order chi connectivity index (χ0) is 13.0. The fraction of sp³-hybridized carbons (Fsp3) is 0.133. The first-order chi connectivity index (χ1) is 8.72. The number of carbonyl (C=O) groups is 1. The fourth-order valence-corrected chi connectivity index (χ4v) is 6.38. The van der Waals surface area contributed by atoms with E-state index < -0.39 is 20.6 Å². The van der Waals surface area contributed by atoms with Crippen LogP contribution < -0.4 is 8.70 Å². The molecule has 2 nitrogen and oxygen atoms in total. The van der Waals surface area contributed by atoms with E-state index in [-0.39, 0.29) is 0 Å². The van der Waals surface area contributed by atoms with Crippen molar-refractivity contribution in [2.24, 2.45) is 0 Å². The number of hydrogen-bond acceptors (Lipinski definition) is 1. The summed E-state index contributed by atoms with van der Waals surface area (Å²) in [5.41, 5.74) is 0.385. The molecule has 0 fully saturated rings. The van der Waals surface area contributed by atoms with Crippen molar-refractivity contribution in [2.75, 3.05) is 0 Å². The molecule has 0 bridgehead atoms. The zero-order valence-corrected chi connectivity index (χ0v) is 12.1. The van der Waals surface area contributed by atoms with Crippen molar-refractivity contribution >= 4 is 29.3 Å². The minimum atomic E-state index is -1.34. The van der Waals surface area contributed by atoms with Crippen LogP contribution in [-0.2, 0) is 0 Å². The number of carboxylic acid groups (broad SMARTS) is 1. The molecule has 0 aliphatic heterocycles. The van der Waals surface area contributed by atoms with E-state index in [1.807, 2.05) is 30.3 Å². The average molecular weight is 302 g/mol. The molecular weight excluding hydrogens is 287 g/mol. The molecule has 92 valence electrons. The molecule has 0 saturated heterocycles. The van der Waals surface area contributed by atoms with Gasteiger partial charge in [0.2, 0.25) is 0 Å². The molecule has 0 saturated carbocycles. The number of hydrogen-bond donors (Lipinski definition) is 1. The van der Waals surface area contributed by atoms with Crippen molar-refractivity contribution in [1.29, 1.82) is 0 Å². The van der Waals surface area contributed by atoms with E-state index >= 15 is 0 Å². The van der Waals surface area contributed by atoms with Crippen molar-refractivity contribution in [3.63, 3.8) is 0 Å². The van der Waals surface area contributed by atoms with Crippen LogP contribution >= 0.6 is 0 Å². The summed E-state index contributed by atoms with van der Waals surface area (Å²) in [6.07, 6.45) is 0. The second-order valence-corrected chi connectivity index (χ2v) is 9.23. The van der Waals surface area contributed by atoms with E-state index in [1.54, 1.807) is 6.07 Å². The van der Waals surface area contributed by atoms with Gasteiger partial charge < -0.3 is 0 Å². The Kier molecular flexibility index (Phi) is 4.22. The molecule has 2 aromatic rings. The Hall–Kier alpha value is -1.53. The summed E-state index contributed by atoms with van der Waals surface area (Å²) in [7, 11) is 0. The number of carboxylic acids is 1. The average Bonchev–Trinajstić information content (AvgIpc) is 2.41. The SMILES string of the molecule is CC[As](c1ccccc1)c1cccc(C(=O)O)c1. The zero-order valence-electron chi connectivity index (χ0n) is 10.2. The van der Waals surface area contributed by atoms with Gasteiger partial charge in [0.05, 0.1) is 0 Å². The summed E-state index contributed by atoms with van der Waals surface area (Å²) in [6, 6.07) is 17.8. The Morgan fingerprint density at radius 3 is 2.33 bits per heavy atom. The molecule has 1 N–H and O–H groups in total. The van der Waals surface area contributed by atoms with Crippen LogP contribution in [0.2, 0.25) is 5.21 Å². The quantitative estimate of drug-likeness (QED) is 0.877. The third kappa shape index (κ3) is 2.83. The van der Waals surface area contributed by atoms with Crippen molar-refractivity contribution in [2.45, 2.75) is 12.1 Å². The second-order valence-electron chi connectivity index (χ2n) is 3.94. The van der Waals surface area contributed by atoms with Gasteiger partial charge in [0, 0.05) is 0 Å². The van der Waals surface area contributed by atoms with E-state index in [0.717, 1.165) is 5.21 Å². The molecule has 1 atom stereocenters. The molecule has 0 aliphatic rings. The summed E-state index contributed by atoms with van der Waals surface area (Å²) in [4.78, 5) is 11.0. The van der Waals surface area contributed by atoms with Gasteiger partial charge >= 0.3 is 112 Å². The Labute approximate surface area is 112 Å². The van der Waals surface area contributed by atoms with Crippen molar-refractivity contribution in [3.05, 3.63) is 60.2 Å². The fourth-order valence-electron chi connectivity index (χ4n) is 1.93. The Balaban J connectivity index is 2.39. The van der Waals surface area contributed by atoms with Crippen LogP contribution in [0.5, 0.6) is 0 Å². The first-order valence-electron chi connectivity index (χ1n) is 5.88. The molecule has 1 unspecified atom stereocenters.